The monoisotopic (exact) mass is 343 g/mol. The molecule has 1 atom stereocenters. The normalized spacial score (nSPS) is 16.6. The van der Waals surface area contributed by atoms with E-state index in [1.807, 2.05) is 6.20 Å². The molecule has 3 aromatic rings. The van der Waals surface area contributed by atoms with Crippen LogP contribution in [0.5, 0.6) is 0 Å². The maximum Gasteiger partial charge on any atom is 0.253 e. The summed E-state index contributed by atoms with van der Waals surface area (Å²) in [5.74, 6) is 0.856. The second kappa shape index (κ2) is 6.04. The maximum absolute atomic E-state index is 12.8. The van der Waals surface area contributed by atoms with Crippen LogP contribution in [0.1, 0.15) is 22.6 Å². The highest BCUT2D eigenvalue weighted by Gasteiger charge is 2.22. The van der Waals surface area contributed by atoms with E-state index >= 15 is 0 Å². The highest BCUT2D eigenvalue weighted by atomic mass is 35.5. The van der Waals surface area contributed by atoms with Gasteiger partial charge in [-0.1, -0.05) is 11.6 Å². The van der Waals surface area contributed by atoms with Crippen LogP contribution < -0.4 is 5.32 Å². The van der Waals surface area contributed by atoms with E-state index in [1.54, 1.807) is 24.4 Å². The Kier molecular flexibility index (Phi) is 3.73. The van der Waals surface area contributed by atoms with E-state index in [0.29, 0.717) is 22.8 Å². The van der Waals surface area contributed by atoms with Crippen LogP contribution in [0.25, 0.3) is 5.69 Å². The van der Waals surface area contributed by atoms with E-state index in [9.17, 15) is 4.79 Å². The number of rotatable bonds is 3. The van der Waals surface area contributed by atoms with Gasteiger partial charge in [-0.2, -0.15) is 4.68 Å². The number of benzene rings is 1. The van der Waals surface area contributed by atoms with Crippen molar-refractivity contribution in [2.75, 3.05) is 0 Å². The highest BCUT2D eigenvalue weighted by Crippen LogP contribution is 2.20. The van der Waals surface area contributed by atoms with Crippen LogP contribution >= 0.6 is 11.6 Å². The average Bonchev–Trinajstić information content (AvgIpc) is 3.25. The number of aromatic nitrogens is 6. The van der Waals surface area contributed by atoms with E-state index < -0.39 is 0 Å². The van der Waals surface area contributed by atoms with Crippen molar-refractivity contribution in [1.29, 1.82) is 0 Å². The zero-order valence-corrected chi connectivity index (χ0v) is 13.4. The Morgan fingerprint density at radius 2 is 2.29 bits per heavy atom. The van der Waals surface area contributed by atoms with Crippen LogP contribution in [0.4, 0.5) is 0 Å². The molecular formula is C15H14ClN7O. The third kappa shape index (κ3) is 2.76. The number of carbonyl (C=O) groups excluding carboxylic acids is 1. The van der Waals surface area contributed by atoms with Gasteiger partial charge in [0.2, 0.25) is 0 Å². The third-order valence-corrected chi connectivity index (χ3v) is 4.30. The number of hydrogen-bond donors (Lipinski definition) is 1. The van der Waals surface area contributed by atoms with Crippen molar-refractivity contribution in [2.45, 2.75) is 25.4 Å². The summed E-state index contributed by atoms with van der Waals surface area (Å²) >= 11 is 6.06. The van der Waals surface area contributed by atoms with Gasteiger partial charge in [0.05, 0.1) is 11.3 Å². The van der Waals surface area contributed by atoms with Crippen molar-refractivity contribution >= 4 is 17.5 Å². The molecule has 24 heavy (non-hydrogen) atoms. The number of aryl methyl sites for hydroxylation is 1. The fourth-order valence-electron chi connectivity index (χ4n) is 2.91. The predicted octanol–water partition coefficient (Wildman–Crippen LogP) is 1.26. The number of carbonyl (C=O) groups is 1. The SMILES string of the molecule is O=C(N[C@H]1CCc2nccn2C1)c1cc(Cl)ccc1-n1cnnn1. The molecule has 1 aromatic carbocycles. The fourth-order valence-corrected chi connectivity index (χ4v) is 3.08. The van der Waals surface area contributed by atoms with Crippen molar-refractivity contribution < 1.29 is 4.79 Å². The molecule has 0 radical (unpaired) electrons. The quantitative estimate of drug-likeness (QED) is 0.773. The van der Waals surface area contributed by atoms with Crippen molar-refractivity contribution in [3.05, 3.63) is 53.3 Å². The van der Waals surface area contributed by atoms with Gasteiger partial charge in [-0.3, -0.25) is 4.79 Å². The molecule has 0 bridgehead atoms. The van der Waals surface area contributed by atoms with Gasteiger partial charge in [-0.15, -0.1) is 5.10 Å². The van der Waals surface area contributed by atoms with Gasteiger partial charge in [0.25, 0.3) is 5.91 Å². The molecular weight excluding hydrogens is 330 g/mol. The molecule has 1 aliphatic rings. The lowest BCUT2D eigenvalue weighted by Gasteiger charge is -2.25. The van der Waals surface area contributed by atoms with Crippen molar-refractivity contribution in [2.24, 2.45) is 0 Å². The number of nitrogens with one attached hydrogen (secondary N) is 1. The molecule has 0 saturated heterocycles. The molecule has 1 amide bonds. The summed E-state index contributed by atoms with van der Waals surface area (Å²) in [5, 5.41) is 14.6. The van der Waals surface area contributed by atoms with Gasteiger partial charge in [0.1, 0.15) is 12.2 Å². The molecule has 3 heterocycles. The molecule has 2 aromatic heterocycles. The Labute approximate surface area is 142 Å². The molecule has 0 fully saturated rings. The Bertz CT molecular complexity index is 874. The summed E-state index contributed by atoms with van der Waals surface area (Å²) in [6.45, 7) is 0.710. The molecule has 0 saturated carbocycles. The number of imidazole rings is 1. The topological polar surface area (TPSA) is 90.5 Å². The number of fused-ring (bicyclic) bond motifs is 1. The number of amides is 1. The molecule has 9 heteroatoms. The number of tetrazole rings is 1. The van der Waals surface area contributed by atoms with Gasteiger partial charge in [0, 0.05) is 36.4 Å². The number of hydrogen-bond acceptors (Lipinski definition) is 5. The van der Waals surface area contributed by atoms with Crippen molar-refractivity contribution in [3.8, 4) is 5.69 Å². The largest absolute Gasteiger partial charge is 0.347 e. The van der Waals surface area contributed by atoms with E-state index in [-0.39, 0.29) is 11.9 Å². The lowest BCUT2D eigenvalue weighted by Crippen LogP contribution is -2.41. The Morgan fingerprint density at radius 1 is 1.38 bits per heavy atom. The van der Waals surface area contributed by atoms with Crippen LogP contribution in [0.2, 0.25) is 5.02 Å². The van der Waals surface area contributed by atoms with E-state index in [1.165, 1.54) is 11.0 Å². The summed E-state index contributed by atoms with van der Waals surface area (Å²) in [6.07, 6.45) is 6.85. The summed E-state index contributed by atoms with van der Waals surface area (Å²) < 4.78 is 3.51. The highest BCUT2D eigenvalue weighted by molar-refractivity contribution is 6.31. The van der Waals surface area contributed by atoms with Crippen LogP contribution in [0.3, 0.4) is 0 Å². The number of nitrogens with zero attached hydrogens (tertiary/aromatic N) is 6. The van der Waals surface area contributed by atoms with Crippen molar-refractivity contribution in [1.82, 2.24) is 35.1 Å². The minimum absolute atomic E-state index is 0.0416. The standard InChI is InChI=1S/C15H14ClN7O/c16-10-1-3-13(23-9-18-20-21-23)12(7-10)15(24)19-11-2-4-14-17-5-6-22(14)8-11/h1,3,5-7,9,11H,2,4,8H2,(H,19,24)/t11-/m0/s1. The molecule has 8 nitrogen and oxygen atoms in total. The van der Waals surface area contributed by atoms with Gasteiger partial charge < -0.3 is 9.88 Å². The smallest absolute Gasteiger partial charge is 0.253 e. The first-order valence-electron chi connectivity index (χ1n) is 7.54. The predicted molar refractivity (Wildman–Crippen MR) is 86.0 cm³/mol. The summed E-state index contributed by atoms with van der Waals surface area (Å²) in [5.41, 5.74) is 1.02. The first-order valence-corrected chi connectivity index (χ1v) is 7.92. The van der Waals surface area contributed by atoms with Gasteiger partial charge in [-0.25, -0.2) is 4.98 Å². The molecule has 122 valence electrons. The molecule has 1 aliphatic heterocycles. The molecule has 0 unspecified atom stereocenters. The minimum Gasteiger partial charge on any atom is -0.347 e. The van der Waals surface area contributed by atoms with Crippen LogP contribution in [-0.2, 0) is 13.0 Å². The average molecular weight is 344 g/mol. The Balaban J connectivity index is 1.58. The molecule has 0 spiro atoms. The van der Waals surface area contributed by atoms with Crippen molar-refractivity contribution in [3.63, 3.8) is 0 Å². The van der Waals surface area contributed by atoms with Crippen LogP contribution in [0.15, 0.2) is 36.9 Å². The summed E-state index contributed by atoms with van der Waals surface area (Å²) in [7, 11) is 0. The first kappa shape index (κ1) is 14.8. The first-order chi connectivity index (χ1) is 11.7. The Hall–Kier alpha value is -2.74. The third-order valence-electron chi connectivity index (χ3n) is 4.07. The lowest BCUT2D eigenvalue weighted by molar-refractivity contribution is 0.0927. The van der Waals surface area contributed by atoms with E-state index in [4.69, 9.17) is 11.6 Å². The van der Waals surface area contributed by atoms with Crippen LogP contribution in [-0.4, -0.2) is 41.7 Å². The Morgan fingerprint density at radius 3 is 3.12 bits per heavy atom. The second-order valence-electron chi connectivity index (χ2n) is 5.62. The molecule has 0 aliphatic carbocycles. The summed E-state index contributed by atoms with van der Waals surface area (Å²) in [6, 6.07) is 5.09. The van der Waals surface area contributed by atoms with E-state index in [0.717, 1.165) is 18.7 Å². The van der Waals surface area contributed by atoms with Crippen LogP contribution in [0, 0.1) is 0 Å². The van der Waals surface area contributed by atoms with Gasteiger partial charge >= 0.3 is 0 Å². The fraction of sp³-hybridized carbons (Fsp3) is 0.267. The zero-order valence-electron chi connectivity index (χ0n) is 12.6. The number of halogens is 1. The maximum atomic E-state index is 12.8. The van der Waals surface area contributed by atoms with Gasteiger partial charge in [-0.05, 0) is 35.0 Å². The minimum atomic E-state index is -0.198. The zero-order chi connectivity index (χ0) is 16.5. The molecule has 1 N–H and O–H groups in total. The summed E-state index contributed by atoms with van der Waals surface area (Å²) in [4.78, 5) is 17.1. The van der Waals surface area contributed by atoms with E-state index in [2.05, 4.69) is 30.4 Å². The van der Waals surface area contributed by atoms with Gasteiger partial charge in [0.15, 0.2) is 0 Å². The molecule has 4 rings (SSSR count). The lowest BCUT2D eigenvalue weighted by atomic mass is 10.1. The second-order valence-corrected chi connectivity index (χ2v) is 6.06.